The first-order valence-electron chi connectivity index (χ1n) is 4.17. The van der Waals surface area contributed by atoms with E-state index in [1.54, 1.807) is 11.8 Å². The summed E-state index contributed by atoms with van der Waals surface area (Å²) in [5, 5.41) is 2.29. The predicted molar refractivity (Wildman–Crippen MR) is 49.7 cm³/mol. The number of hydrogen-bond donors (Lipinski definition) is 0. The van der Waals surface area contributed by atoms with Crippen LogP contribution in [0.15, 0.2) is 11.5 Å². The highest BCUT2D eigenvalue weighted by Gasteiger charge is 2.18. The molecule has 0 aromatic heterocycles. The summed E-state index contributed by atoms with van der Waals surface area (Å²) < 4.78 is 0. The molecule has 0 radical (unpaired) electrons. The zero-order valence-corrected chi connectivity index (χ0v) is 7.69. The summed E-state index contributed by atoms with van der Waals surface area (Å²) in [6, 6.07) is 0. The summed E-state index contributed by atoms with van der Waals surface area (Å²) in [4.78, 5) is 11.3. The van der Waals surface area contributed by atoms with E-state index < -0.39 is 0 Å². The largest absolute Gasteiger partial charge is 0.298 e. The first-order chi connectivity index (χ1) is 5.34. The van der Waals surface area contributed by atoms with Gasteiger partial charge in [-0.2, -0.15) is 0 Å². The van der Waals surface area contributed by atoms with Gasteiger partial charge in [-0.15, -0.1) is 11.8 Å². The van der Waals surface area contributed by atoms with E-state index in [9.17, 15) is 4.79 Å². The third-order valence-electron chi connectivity index (χ3n) is 1.83. The fourth-order valence-corrected chi connectivity index (χ4v) is 2.01. The molecule has 1 heterocycles. The Balaban J connectivity index is 2.19. The second-order valence-electron chi connectivity index (χ2n) is 2.80. The Kier molecular flexibility index (Phi) is 3.70. The zero-order chi connectivity index (χ0) is 8.10. The summed E-state index contributed by atoms with van der Waals surface area (Å²) in [6.07, 6.45) is 5.98. The van der Waals surface area contributed by atoms with Crippen LogP contribution in [0.25, 0.3) is 0 Å². The van der Waals surface area contributed by atoms with Crippen LogP contribution in [0.3, 0.4) is 0 Å². The van der Waals surface area contributed by atoms with Crippen molar-refractivity contribution in [2.45, 2.75) is 37.9 Å². The minimum absolute atomic E-state index is 0.251. The van der Waals surface area contributed by atoms with Crippen molar-refractivity contribution in [3.05, 3.63) is 11.5 Å². The summed E-state index contributed by atoms with van der Waals surface area (Å²) in [7, 11) is 0. The summed E-state index contributed by atoms with van der Waals surface area (Å²) in [5.41, 5.74) is 0. The van der Waals surface area contributed by atoms with Gasteiger partial charge in [0.25, 0.3) is 0 Å². The Bertz CT molecular complexity index is 155. The molecule has 1 atom stereocenters. The highest BCUT2D eigenvalue weighted by Crippen LogP contribution is 2.25. The third-order valence-corrected chi connectivity index (χ3v) is 2.96. The van der Waals surface area contributed by atoms with E-state index in [-0.39, 0.29) is 5.25 Å². The molecule has 0 aromatic carbocycles. The minimum Gasteiger partial charge on any atom is -0.298 e. The second-order valence-corrected chi connectivity index (χ2v) is 3.92. The van der Waals surface area contributed by atoms with E-state index in [0.717, 1.165) is 25.7 Å². The SMILES string of the molecule is CCCCC(=O)C1CC=CS1. The number of rotatable bonds is 4. The number of Topliss-reactive ketones (excluding diaryl/α,β-unsaturated/α-hetero) is 1. The number of carbonyl (C=O) groups excluding carboxylic acids is 1. The van der Waals surface area contributed by atoms with Crippen LogP contribution in [-0.4, -0.2) is 11.0 Å². The van der Waals surface area contributed by atoms with Crippen molar-refractivity contribution in [2.75, 3.05) is 0 Å². The smallest absolute Gasteiger partial charge is 0.146 e. The molecule has 0 saturated heterocycles. The van der Waals surface area contributed by atoms with Crippen LogP contribution in [0.2, 0.25) is 0 Å². The fraction of sp³-hybridized carbons (Fsp3) is 0.667. The maximum atomic E-state index is 11.3. The van der Waals surface area contributed by atoms with Gasteiger partial charge in [0.15, 0.2) is 0 Å². The zero-order valence-electron chi connectivity index (χ0n) is 6.88. The molecule has 0 N–H and O–H groups in total. The van der Waals surface area contributed by atoms with Gasteiger partial charge in [-0.25, -0.2) is 0 Å². The molecule has 0 fully saturated rings. The van der Waals surface area contributed by atoms with E-state index in [2.05, 4.69) is 13.0 Å². The molecule has 0 aromatic rings. The molecular weight excluding hydrogens is 156 g/mol. The van der Waals surface area contributed by atoms with Crippen LogP contribution in [0, 0.1) is 0 Å². The molecule has 1 aliphatic rings. The van der Waals surface area contributed by atoms with Crippen LogP contribution in [0.5, 0.6) is 0 Å². The lowest BCUT2D eigenvalue weighted by molar-refractivity contribution is -0.118. The molecule has 1 unspecified atom stereocenters. The number of thioether (sulfide) groups is 1. The van der Waals surface area contributed by atoms with Crippen LogP contribution in [0.1, 0.15) is 32.6 Å². The average molecular weight is 170 g/mol. The summed E-state index contributed by atoms with van der Waals surface area (Å²) in [5.74, 6) is 0.432. The summed E-state index contributed by atoms with van der Waals surface area (Å²) >= 11 is 1.67. The molecule has 62 valence electrons. The van der Waals surface area contributed by atoms with E-state index in [1.807, 2.05) is 5.41 Å². The molecular formula is C9H14OS. The van der Waals surface area contributed by atoms with Crippen LogP contribution >= 0.6 is 11.8 Å². The molecule has 1 aliphatic heterocycles. The lowest BCUT2D eigenvalue weighted by Crippen LogP contribution is -2.13. The minimum atomic E-state index is 0.251. The fourth-order valence-electron chi connectivity index (χ4n) is 1.10. The van der Waals surface area contributed by atoms with E-state index >= 15 is 0 Å². The van der Waals surface area contributed by atoms with Crippen molar-refractivity contribution < 1.29 is 4.79 Å². The lowest BCUT2D eigenvalue weighted by Gasteiger charge is -2.05. The van der Waals surface area contributed by atoms with Crippen LogP contribution in [0.4, 0.5) is 0 Å². The van der Waals surface area contributed by atoms with Crippen molar-refractivity contribution in [3.8, 4) is 0 Å². The number of carbonyl (C=O) groups is 1. The Morgan fingerprint density at radius 1 is 1.73 bits per heavy atom. The topological polar surface area (TPSA) is 17.1 Å². The van der Waals surface area contributed by atoms with Crippen molar-refractivity contribution in [3.63, 3.8) is 0 Å². The highest BCUT2D eigenvalue weighted by atomic mass is 32.2. The molecule has 1 rings (SSSR count). The number of ketones is 1. The van der Waals surface area contributed by atoms with Crippen molar-refractivity contribution in [1.29, 1.82) is 0 Å². The van der Waals surface area contributed by atoms with Gasteiger partial charge in [0, 0.05) is 6.42 Å². The lowest BCUT2D eigenvalue weighted by atomic mass is 10.1. The molecule has 0 bridgehead atoms. The van der Waals surface area contributed by atoms with Gasteiger partial charge < -0.3 is 0 Å². The second kappa shape index (κ2) is 4.60. The third kappa shape index (κ3) is 2.70. The van der Waals surface area contributed by atoms with Gasteiger partial charge >= 0.3 is 0 Å². The number of unbranched alkanes of at least 4 members (excludes halogenated alkanes) is 1. The maximum Gasteiger partial charge on any atom is 0.146 e. The first kappa shape index (κ1) is 8.85. The summed E-state index contributed by atoms with van der Waals surface area (Å²) in [6.45, 7) is 2.12. The van der Waals surface area contributed by atoms with Gasteiger partial charge in [0.05, 0.1) is 5.25 Å². The quantitative estimate of drug-likeness (QED) is 0.645. The van der Waals surface area contributed by atoms with Crippen molar-refractivity contribution in [2.24, 2.45) is 0 Å². The van der Waals surface area contributed by atoms with E-state index in [0.29, 0.717) is 5.78 Å². The van der Waals surface area contributed by atoms with Crippen molar-refractivity contribution >= 4 is 17.5 Å². The molecule has 11 heavy (non-hydrogen) atoms. The molecule has 0 aliphatic carbocycles. The molecule has 2 heteroatoms. The van der Waals surface area contributed by atoms with Crippen LogP contribution < -0.4 is 0 Å². The maximum absolute atomic E-state index is 11.3. The Morgan fingerprint density at radius 3 is 3.09 bits per heavy atom. The first-order valence-corrected chi connectivity index (χ1v) is 5.12. The Hall–Kier alpha value is -0.240. The molecule has 0 amide bonds. The average Bonchev–Trinajstić information content (AvgIpc) is 2.52. The normalized spacial score (nSPS) is 22.5. The Labute approximate surface area is 72.2 Å². The van der Waals surface area contributed by atoms with Gasteiger partial charge in [-0.05, 0) is 18.2 Å². The van der Waals surface area contributed by atoms with Crippen molar-refractivity contribution in [1.82, 2.24) is 0 Å². The van der Waals surface area contributed by atoms with E-state index in [4.69, 9.17) is 0 Å². The highest BCUT2D eigenvalue weighted by molar-refractivity contribution is 8.03. The Morgan fingerprint density at radius 2 is 2.55 bits per heavy atom. The predicted octanol–water partition coefficient (Wildman–Crippen LogP) is 2.76. The number of allylic oxidation sites excluding steroid dienone is 1. The molecule has 0 spiro atoms. The van der Waals surface area contributed by atoms with Gasteiger partial charge in [0.2, 0.25) is 0 Å². The van der Waals surface area contributed by atoms with Crippen LogP contribution in [-0.2, 0) is 4.79 Å². The number of hydrogen-bond acceptors (Lipinski definition) is 2. The standard InChI is InChI=1S/C9H14OS/c1-2-3-5-8(10)9-6-4-7-11-9/h4,7,9H,2-3,5-6H2,1H3. The van der Waals surface area contributed by atoms with Gasteiger partial charge in [-0.1, -0.05) is 19.4 Å². The molecule has 0 saturated carbocycles. The monoisotopic (exact) mass is 170 g/mol. The van der Waals surface area contributed by atoms with E-state index in [1.165, 1.54) is 0 Å². The molecule has 1 nitrogen and oxygen atoms in total. The van der Waals surface area contributed by atoms with Gasteiger partial charge in [0.1, 0.15) is 5.78 Å². The van der Waals surface area contributed by atoms with Gasteiger partial charge in [-0.3, -0.25) is 4.79 Å².